The van der Waals surface area contributed by atoms with E-state index in [-0.39, 0.29) is 18.6 Å². The number of nitrogens with one attached hydrogen (secondary N) is 1. The van der Waals surface area contributed by atoms with Crippen LogP contribution < -0.4 is 10.1 Å². The van der Waals surface area contributed by atoms with E-state index < -0.39 is 5.97 Å². The maximum absolute atomic E-state index is 11.9. The third-order valence-corrected chi connectivity index (χ3v) is 3.47. The van der Waals surface area contributed by atoms with Crippen molar-refractivity contribution < 1.29 is 24.2 Å². The number of ether oxygens (including phenoxy) is 2. The highest BCUT2D eigenvalue weighted by Gasteiger charge is 2.15. The van der Waals surface area contributed by atoms with E-state index in [4.69, 9.17) is 14.6 Å². The summed E-state index contributed by atoms with van der Waals surface area (Å²) in [5.41, 5.74) is 0.664. The van der Waals surface area contributed by atoms with Crippen LogP contribution in [0.15, 0.2) is 24.3 Å². The molecule has 0 saturated carbocycles. The quantitative estimate of drug-likeness (QED) is 0.808. The van der Waals surface area contributed by atoms with Crippen molar-refractivity contribution in [3.8, 4) is 5.75 Å². The number of carbonyl (C=O) groups is 2. The Morgan fingerprint density at radius 1 is 1.27 bits per heavy atom. The summed E-state index contributed by atoms with van der Waals surface area (Å²) in [5, 5.41) is 11.3. The topological polar surface area (TPSA) is 84.9 Å². The fourth-order valence-corrected chi connectivity index (χ4v) is 2.33. The zero-order valence-electron chi connectivity index (χ0n) is 12.4. The first-order valence-corrected chi connectivity index (χ1v) is 7.49. The van der Waals surface area contributed by atoms with E-state index in [1.807, 2.05) is 0 Å². The molecule has 2 rings (SSSR count). The van der Waals surface area contributed by atoms with Crippen molar-refractivity contribution in [3.05, 3.63) is 24.3 Å². The predicted octanol–water partition coefficient (Wildman–Crippen LogP) is 2.44. The average Bonchev–Trinajstić information content (AvgIpc) is 2.53. The second kappa shape index (κ2) is 8.38. The van der Waals surface area contributed by atoms with Crippen molar-refractivity contribution in [3.63, 3.8) is 0 Å². The number of rotatable bonds is 7. The maximum Gasteiger partial charge on any atom is 0.341 e. The van der Waals surface area contributed by atoms with E-state index in [0.717, 1.165) is 25.9 Å². The van der Waals surface area contributed by atoms with E-state index in [0.29, 0.717) is 17.9 Å². The minimum Gasteiger partial charge on any atom is -0.482 e. The zero-order chi connectivity index (χ0) is 15.8. The van der Waals surface area contributed by atoms with Gasteiger partial charge in [0, 0.05) is 18.7 Å². The minimum absolute atomic E-state index is 0.0478. The highest BCUT2D eigenvalue weighted by atomic mass is 16.5. The summed E-state index contributed by atoms with van der Waals surface area (Å²) in [6.45, 7) is 0.414. The van der Waals surface area contributed by atoms with Crippen molar-refractivity contribution >= 4 is 17.6 Å². The fraction of sp³-hybridized carbons (Fsp3) is 0.500. The van der Waals surface area contributed by atoms with Gasteiger partial charge in [-0.3, -0.25) is 4.79 Å². The Balaban J connectivity index is 1.72. The summed E-state index contributed by atoms with van der Waals surface area (Å²) in [6, 6.07) is 6.63. The number of carbonyl (C=O) groups excluding carboxylic acids is 1. The molecule has 0 bridgehead atoms. The van der Waals surface area contributed by atoms with Gasteiger partial charge >= 0.3 is 5.97 Å². The summed E-state index contributed by atoms with van der Waals surface area (Å²) >= 11 is 0. The van der Waals surface area contributed by atoms with Crippen molar-refractivity contribution in [2.75, 3.05) is 18.5 Å². The first-order chi connectivity index (χ1) is 10.6. The van der Waals surface area contributed by atoms with Gasteiger partial charge in [0.2, 0.25) is 5.91 Å². The van der Waals surface area contributed by atoms with Crippen LogP contribution in [-0.2, 0) is 14.3 Å². The summed E-state index contributed by atoms with van der Waals surface area (Å²) < 4.78 is 10.6. The molecule has 6 heteroatoms. The van der Waals surface area contributed by atoms with Crippen LogP contribution in [0.5, 0.6) is 5.75 Å². The number of hydrogen-bond acceptors (Lipinski definition) is 4. The molecule has 0 aromatic heterocycles. The maximum atomic E-state index is 11.9. The zero-order valence-corrected chi connectivity index (χ0v) is 12.4. The third kappa shape index (κ3) is 5.73. The van der Waals surface area contributed by atoms with Gasteiger partial charge in [0.15, 0.2) is 6.61 Å². The molecule has 0 spiro atoms. The lowest BCUT2D eigenvalue weighted by atomic mass is 10.0. The van der Waals surface area contributed by atoms with E-state index in [1.54, 1.807) is 24.3 Å². The summed E-state index contributed by atoms with van der Waals surface area (Å²) in [5.74, 6) is -0.619. The summed E-state index contributed by atoms with van der Waals surface area (Å²) in [6.07, 6.45) is 4.69. The molecular formula is C16H21NO5. The lowest BCUT2D eigenvalue weighted by Gasteiger charge is -2.22. The molecule has 1 aromatic rings. The number of hydrogen-bond donors (Lipinski definition) is 2. The highest BCUT2D eigenvalue weighted by molar-refractivity contribution is 5.90. The highest BCUT2D eigenvalue weighted by Crippen LogP contribution is 2.18. The molecule has 22 heavy (non-hydrogen) atoms. The Morgan fingerprint density at radius 3 is 2.68 bits per heavy atom. The monoisotopic (exact) mass is 307 g/mol. The molecule has 2 N–H and O–H groups in total. The third-order valence-electron chi connectivity index (χ3n) is 3.47. The van der Waals surface area contributed by atoms with Crippen LogP contribution in [0.2, 0.25) is 0 Å². The Hall–Kier alpha value is -2.08. The largest absolute Gasteiger partial charge is 0.482 e. The minimum atomic E-state index is -1.03. The summed E-state index contributed by atoms with van der Waals surface area (Å²) in [4.78, 5) is 22.3. The molecule has 1 unspecified atom stereocenters. The molecule has 0 aliphatic carbocycles. The van der Waals surface area contributed by atoms with Gasteiger partial charge in [-0.05, 0) is 49.9 Å². The van der Waals surface area contributed by atoms with Gasteiger partial charge in [0.25, 0.3) is 0 Å². The molecule has 1 aliphatic rings. The van der Waals surface area contributed by atoms with Gasteiger partial charge in [-0.25, -0.2) is 4.79 Å². The van der Waals surface area contributed by atoms with Crippen molar-refractivity contribution in [1.82, 2.24) is 0 Å². The van der Waals surface area contributed by atoms with Crippen LogP contribution in [0.3, 0.4) is 0 Å². The Bertz CT molecular complexity index is 494. The normalized spacial score (nSPS) is 17.7. The van der Waals surface area contributed by atoms with E-state index in [2.05, 4.69) is 5.32 Å². The Labute approximate surface area is 129 Å². The Morgan fingerprint density at radius 2 is 2.05 bits per heavy atom. The van der Waals surface area contributed by atoms with Crippen molar-refractivity contribution in [2.24, 2.45) is 0 Å². The smallest absolute Gasteiger partial charge is 0.341 e. The second-order valence-corrected chi connectivity index (χ2v) is 5.28. The number of carboxylic acid groups (broad SMARTS) is 1. The van der Waals surface area contributed by atoms with E-state index >= 15 is 0 Å². The van der Waals surface area contributed by atoms with Gasteiger partial charge in [0.1, 0.15) is 5.75 Å². The van der Waals surface area contributed by atoms with Gasteiger partial charge in [-0.2, -0.15) is 0 Å². The standard InChI is InChI=1S/C16H21NO5/c18-15(9-8-13-3-1-2-10-21-13)17-12-4-6-14(7-5-12)22-11-16(19)20/h4-7,13H,1-3,8-11H2,(H,17,18)(H,19,20). The molecule has 1 saturated heterocycles. The number of amides is 1. The molecule has 1 aromatic carbocycles. The van der Waals surface area contributed by atoms with Crippen LogP contribution >= 0.6 is 0 Å². The van der Waals surface area contributed by atoms with Crippen molar-refractivity contribution in [1.29, 1.82) is 0 Å². The molecular weight excluding hydrogens is 286 g/mol. The van der Waals surface area contributed by atoms with Gasteiger partial charge < -0.3 is 19.9 Å². The lowest BCUT2D eigenvalue weighted by molar-refractivity contribution is -0.139. The van der Waals surface area contributed by atoms with Gasteiger partial charge in [0.05, 0.1) is 6.10 Å². The van der Waals surface area contributed by atoms with Gasteiger partial charge in [-0.15, -0.1) is 0 Å². The van der Waals surface area contributed by atoms with Crippen LogP contribution in [0.4, 0.5) is 5.69 Å². The van der Waals surface area contributed by atoms with Crippen LogP contribution in [-0.4, -0.2) is 36.3 Å². The fourth-order valence-electron chi connectivity index (χ4n) is 2.33. The molecule has 6 nitrogen and oxygen atoms in total. The molecule has 0 radical (unpaired) electrons. The van der Waals surface area contributed by atoms with Gasteiger partial charge in [-0.1, -0.05) is 0 Å². The molecule has 1 fully saturated rings. The first-order valence-electron chi connectivity index (χ1n) is 7.49. The molecule has 1 atom stereocenters. The second-order valence-electron chi connectivity index (χ2n) is 5.28. The predicted molar refractivity (Wildman–Crippen MR) is 81.0 cm³/mol. The lowest BCUT2D eigenvalue weighted by Crippen LogP contribution is -2.21. The van der Waals surface area contributed by atoms with Crippen molar-refractivity contribution in [2.45, 2.75) is 38.2 Å². The number of aliphatic carboxylic acids is 1. The molecule has 1 heterocycles. The number of anilines is 1. The molecule has 1 amide bonds. The van der Waals surface area contributed by atoms with Crippen LogP contribution in [0.25, 0.3) is 0 Å². The van der Waals surface area contributed by atoms with E-state index in [1.165, 1.54) is 6.42 Å². The molecule has 1 aliphatic heterocycles. The SMILES string of the molecule is O=C(O)COc1ccc(NC(=O)CCC2CCCCO2)cc1. The summed E-state index contributed by atoms with van der Waals surface area (Å²) in [7, 11) is 0. The van der Waals surface area contributed by atoms with Crippen LogP contribution in [0.1, 0.15) is 32.1 Å². The Kier molecular flexibility index (Phi) is 6.21. The number of carboxylic acids is 1. The van der Waals surface area contributed by atoms with E-state index in [9.17, 15) is 9.59 Å². The average molecular weight is 307 g/mol. The first kappa shape index (κ1) is 16.3. The van der Waals surface area contributed by atoms with Crippen LogP contribution in [0, 0.1) is 0 Å². The number of benzene rings is 1. The molecule has 120 valence electrons.